The fourth-order valence-electron chi connectivity index (χ4n) is 2.53. The monoisotopic (exact) mass is 467 g/mol. The van der Waals surface area contributed by atoms with Gasteiger partial charge in [-0.3, -0.25) is 9.59 Å². The van der Waals surface area contributed by atoms with Gasteiger partial charge in [-0.1, -0.05) is 28.1 Å². The molecule has 0 radical (unpaired) electrons. The van der Waals surface area contributed by atoms with E-state index < -0.39 is 15.9 Å². The molecule has 28 heavy (non-hydrogen) atoms. The molecule has 150 valence electrons. The van der Waals surface area contributed by atoms with Gasteiger partial charge in [-0.15, -0.1) is 0 Å². The lowest BCUT2D eigenvalue weighted by molar-refractivity contribution is -0.121. The van der Waals surface area contributed by atoms with E-state index in [0.29, 0.717) is 5.69 Å². The van der Waals surface area contributed by atoms with Crippen molar-refractivity contribution >= 4 is 43.5 Å². The molecule has 9 heteroatoms. The highest BCUT2D eigenvalue weighted by Gasteiger charge is 2.23. The van der Waals surface area contributed by atoms with Crippen LogP contribution in [0.25, 0.3) is 0 Å². The van der Waals surface area contributed by atoms with Crippen LogP contribution < -0.4 is 10.6 Å². The summed E-state index contributed by atoms with van der Waals surface area (Å²) in [6, 6.07) is 13.0. The topological polar surface area (TPSA) is 95.6 Å². The second-order valence-electron chi connectivity index (χ2n) is 6.31. The predicted octanol–water partition coefficient (Wildman–Crippen LogP) is 2.91. The largest absolute Gasteiger partial charge is 0.348 e. The van der Waals surface area contributed by atoms with Gasteiger partial charge in [-0.25, -0.2) is 8.42 Å². The summed E-state index contributed by atoms with van der Waals surface area (Å²) in [5.41, 5.74) is 1.40. The fourth-order valence-corrected chi connectivity index (χ4v) is 4.07. The van der Waals surface area contributed by atoms with Gasteiger partial charge >= 0.3 is 0 Å². The van der Waals surface area contributed by atoms with E-state index >= 15 is 0 Å². The van der Waals surface area contributed by atoms with Crippen molar-refractivity contribution in [3.63, 3.8) is 0 Å². The van der Waals surface area contributed by atoms with E-state index in [1.807, 2.05) is 31.2 Å². The number of hydrogen-bond acceptors (Lipinski definition) is 4. The Hall–Kier alpha value is -2.23. The Bertz CT molecular complexity index is 961. The van der Waals surface area contributed by atoms with Crippen LogP contribution in [-0.2, 0) is 19.6 Å². The Morgan fingerprint density at radius 1 is 1.14 bits per heavy atom. The number of benzene rings is 2. The second kappa shape index (κ2) is 9.31. The molecule has 0 aliphatic heterocycles. The molecule has 2 amide bonds. The van der Waals surface area contributed by atoms with Crippen LogP contribution in [0, 0.1) is 0 Å². The third-order valence-electron chi connectivity index (χ3n) is 3.98. The van der Waals surface area contributed by atoms with Crippen LogP contribution in [-0.4, -0.2) is 38.1 Å². The number of sulfonamides is 1. The van der Waals surface area contributed by atoms with Crippen molar-refractivity contribution in [2.24, 2.45) is 0 Å². The van der Waals surface area contributed by atoms with Crippen LogP contribution >= 0.6 is 15.9 Å². The molecule has 2 N–H and O–H groups in total. The molecule has 0 saturated carbocycles. The maximum absolute atomic E-state index is 12.7. The standard InChI is InChI=1S/C19H22BrN3O4S/c1-13(15-5-4-6-16(20)11-15)21-19(25)12-23(3)28(26,27)18-9-7-17(8-10-18)22-14(2)24/h4-11,13H,12H2,1-3H3,(H,21,25)(H,22,24). The van der Waals surface area contributed by atoms with Crippen molar-refractivity contribution in [3.05, 3.63) is 58.6 Å². The van der Waals surface area contributed by atoms with Crippen molar-refractivity contribution in [1.82, 2.24) is 9.62 Å². The van der Waals surface area contributed by atoms with Gasteiger partial charge in [0.15, 0.2) is 0 Å². The van der Waals surface area contributed by atoms with Crippen molar-refractivity contribution in [2.75, 3.05) is 18.9 Å². The first kappa shape index (κ1) is 22.1. The molecule has 0 spiro atoms. The van der Waals surface area contributed by atoms with Crippen molar-refractivity contribution in [1.29, 1.82) is 0 Å². The number of anilines is 1. The highest BCUT2D eigenvalue weighted by atomic mass is 79.9. The van der Waals surface area contributed by atoms with Gasteiger partial charge in [-0.05, 0) is 48.9 Å². The summed E-state index contributed by atoms with van der Waals surface area (Å²) in [5, 5.41) is 5.37. The molecule has 0 aliphatic carbocycles. The van der Waals surface area contributed by atoms with E-state index in [1.54, 1.807) is 0 Å². The number of amides is 2. The molecule has 0 heterocycles. The number of halogens is 1. The Labute approximate surface area is 173 Å². The van der Waals surface area contributed by atoms with Crippen LogP contribution in [0.4, 0.5) is 5.69 Å². The van der Waals surface area contributed by atoms with Crippen LogP contribution in [0.5, 0.6) is 0 Å². The molecule has 2 rings (SSSR count). The van der Waals surface area contributed by atoms with E-state index in [0.717, 1.165) is 14.3 Å². The number of carbonyl (C=O) groups excluding carboxylic acids is 2. The minimum Gasteiger partial charge on any atom is -0.348 e. The number of carbonyl (C=O) groups is 2. The third kappa shape index (κ3) is 5.88. The van der Waals surface area contributed by atoms with Gasteiger partial charge < -0.3 is 10.6 Å². The number of nitrogens with zero attached hydrogens (tertiary/aromatic N) is 1. The minimum absolute atomic E-state index is 0.0388. The molecule has 1 unspecified atom stereocenters. The average molecular weight is 468 g/mol. The quantitative estimate of drug-likeness (QED) is 0.654. The molecule has 2 aromatic rings. The normalized spacial score (nSPS) is 12.5. The molecule has 2 aromatic carbocycles. The first-order chi connectivity index (χ1) is 13.1. The summed E-state index contributed by atoms with van der Waals surface area (Å²) in [6.07, 6.45) is 0. The molecule has 0 aliphatic rings. The maximum atomic E-state index is 12.7. The van der Waals surface area contributed by atoms with E-state index in [-0.39, 0.29) is 23.4 Å². The van der Waals surface area contributed by atoms with E-state index in [2.05, 4.69) is 26.6 Å². The number of hydrogen-bond donors (Lipinski definition) is 2. The zero-order valence-electron chi connectivity index (χ0n) is 15.8. The van der Waals surface area contributed by atoms with Crippen molar-refractivity contribution in [2.45, 2.75) is 24.8 Å². The Balaban J connectivity index is 2.02. The van der Waals surface area contributed by atoms with Crippen LogP contribution in [0.2, 0.25) is 0 Å². The molecular weight excluding hydrogens is 446 g/mol. The maximum Gasteiger partial charge on any atom is 0.243 e. The summed E-state index contributed by atoms with van der Waals surface area (Å²) in [4.78, 5) is 23.4. The molecule has 0 saturated heterocycles. The summed E-state index contributed by atoms with van der Waals surface area (Å²) in [6.45, 7) is 2.88. The third-order valence-corrected chi connectivity index (χ3v) is 6.29. The average Bonchev–Trinajstić information content (AvgIpc) is 2.61. The minimum atomic E-state index is -3.83. The van der Waals surface area contributed by atoms with Crippen LogP contribution in [0.3, 0.4) is 0 Å². The van der Waals surface area contributed by atoms with Crippen LogP contribution in [0.15, 0.2) is 57.9 Å². The van der Waals surface area contributed by atoms with Gasteiger partial charge in [-0.2, -0.15) is 4.31 Å². The molecule has 0 aromatic heterocycles. The molecule has 0 fully saturated rings. The summed E-state index contributed by atoms with van der Waals surface area (Å²) < 4.78 is 27.2. The zero-order chi connectivity index (χ0) is 20.9. The number of nitrogens with one attached hydrogen (secondary N) is 2. The van der Waals surface area contributed by atoms with E-state index in [9.17, 15) is 18.0 Å². The first-order valence-electron chi connectivity index (χ1n) is 8.48. The van der Waals surface area contributed by atoms with Crippen molar-refractivity contribution in [3.8, 4) is 0 Å². The highest BCUT2D eigenvalue weighted by Crippen LogP contribution is 2.19. The first-order valence-corrected chi connectivity index (χ1v) is 10.7. The van der Waals surface area contributed by atoms with Gasteiger partial charge in [0.05, 0.1) is 17.5 Å². The van der Waals surface area contributed by atoms with E-state index in [1.165, 1.54) is 38.2 Å². The molecule has 0 bridgehead atoms. The van der Waals surface area contributed by atoms with Gasteiger partial charge in [0.2, 0.25) is 21.8 Å². The van der Waals surface area contributed by atoms with E-state index in [4.69, 9.17) is 0 Å². The Kier molecular flexibility index (Phi) is 7.34. The summed E-state index contributed by atoms with van der Waals surface area (Å²) >= 11 is 3.38. The fraction of sp³-hybridized carbons (Fsp3) is 0.263. The molecule has 7 nitrogen and oxygen atoms in total. The second-order valence-corrected chi connectivity index (χ2v) is 9.27. The SMILES string of the molecule is CC(=O)Nc1ccc(S(=O)(=O)N(C)CC(=O)NC(C)c2cccc(Br)c2)cc1. The predicted molar refractivity (Wildman–Crippen MR) is 111 cm³/mol. The lowest BCUT2D eigenvalue weighted by Gasteiger charge is -2.19. The van der Waals surface area contributed by atoms with Crippen molar-refractivity contribution < 1.29 is 18.0 Å². The number of rotatable bonds is 7. The summed E-state index contributed by atoms with van der Waals surface area (Å²) in [5.74, 6) is -0.655. The van der Waals surface area contributed by atoms with Crippen LogP contribution in [0.1, 0.15) is 25.5 Å². The lowest BCUT2D eigenvalue weighted by Crippen LogP contribution is -2.39. The molecule has 1 atom stereocenters. The summed E-state index contributed by atoms with van der Waals surface area (Å²) in [7, 11) is -2.49. The highest BCUT2D eigenvalue weighted by molar-refractivity contribution is 9.10. The lowest BCUT2D eigenvalue weighted by atomic mass is 10.1. The number of likely N-dealkylation sites (N-methyl/N-ethyl adjacent to an activating group) is 1. The van der Waals surface area contributed by atoms with Gasteiger partial charge in [0, 0.05) is 24.1 Å². The zero-order valence-corrected chi connectivity index (χ0v) is 18.2. The van der Waals surface area contributed by atoms with Gasteiger partial charge in [0.25, 0.3) is 0 Å². The Morgan fingerprint density at radius 2 is 1.79 bits per heavy atom. The smallest absolute Gasteiger partial charge is 0.243 e. The van der Waals surface area contributed by atoms with Gasteiger partial charge in [0.1, 0.15) is 0 Å². The Morgan fingerprint density at radius 3 is 2.36 bits per heavy atom. The molecular formula is C19H22BrN3O4S.